The number of sulfonamides is 1. The molecular formula is C16H13Cl2N3O3S3. The maximum Gasteiger partial charge on any atom is 0.252 e. The summed E-state index contributed by atoms with van der Waals surface area (Å²) in [4.78, 5) is 16.5. The zero-order valence-electron chi connectivity index (χ0n) is 13.8. The summed E-state index contributed by atoms with van der Waals surface area (Å²) in [6.45, 7) is -0.340. The van der Waals surface area contributed by atoms with Gasteiger partial charge in [-0.2, -0.15) is 4.31 Å². The summed E-state index contributed by atoms with van der Waals surface area (Å²) in [5.74, 6) is -0.485. The third kappa shape index (κ3) is 4.87. The molecule has 2 aromatic heterocycles. The number of hydrogen-bond acceptors (Lipinski definition) is 6. The van der Waals surface area contributed by atoms with Crippen molar-refractivity contribution in [2.75, 3.05) is 18.9 Å². The van der Waals surface area contributed by atoms with Crippen molar-refractivity contribution in [2.45, 2.75) is 4.21 Å². The number of carbonyl (C=O) groups excluding carboxylic acids is 1. The first-order chi connectivity index (χ1) is 12.8. The fraction of sp³-hybridized carbons (Fsp3) is 0.125. The molecule has 0 aliphatic rings. The Bertz CT molecular complexity index is 1060. The van der Waals surface area contributed by atoms with E-state index >= 15 is 0 Å². The summed E-state index contributed by atoms with van der Waals surface area (Å²) in [6.07, 6.45) is 0. The number of thiazole rings is 1. The number of amides is 1. The highest BCUT2D eigenvalue weighted by atomic mass is 35.5. The third-order valence-electron chi connectivity index (χ3n) is 3.47. The van der Waals surface area contributed by atoms with Crippen molar-refractivity contribution in [3.05, 3.63) is 51.1 Å². The molecule has 0 atom stereocenters. The van der Waals surface area contributed by atoms with Gasteiger partial charge in [0, 0.05) is 23.0 Å². The standard InChI is InChI=1S/C16H13Cl2N3O3S3/c1-21(27(23,24)15-7-6-13(18)26-15)8-14(22)20-16-19-12(9-25-16)10-2-4-11(17)5-3-10/h2-7,9H,8H2,1H3,(H,19,20,22). The molecule has 6 nitrogen and oxygen atoms in total. The maximum absolute atomic E-state index is 12.4. The van der Waals surface area contributed by atoms with Gasteiger partial charge < -0.3 is 5.32 Å². The highest BCUT2D eigenvalue weighted by Crippen LogP contribution is 2.28. The van der Waals surface area contributed by atoms with E-state index in [0.717, 1.165) is 21.2 Å². The van der Waals surface area contributed by atoms with Crippen LogP contribution in [0.1, 0.15) is 0 Å². The summed E-state index contributed by atoms with van der Waals surface area (Å²) in [6, 6.07) is 10.1. The van der Waals surface area contributed by atoms with E-state index in [2.05, 4.69) is 10.3 Å². The van der Waals surface area contributed by atoms with E-state index in [1.54, 1.807) is 17.5 Å². The molecule has 1 aromatic carbocycles. The lowest BCUT2D eigenvalue weighted by Gasteiger charge is -2.15. The number of benzene rings is 1. The van der Waals surface area contributed by atoms with Crippen molar-refractivity contribution in [1.82, 2.24) is 9.29 Å². The average molecular weight is 462 g/mol. The average Bonchev–Trinajstić information content (AvgIpc) is 3.25. The van der Waals surface area contributed by atoms with E-state index in [9.17, 15) is 13.2 Å². The van der Waals surface area contributed by atoms with Gasteiger partial charge in [-0.25, -0.2) is 13.4 Å². The minimum atomic E-state index is -3.77. The largest absolute Gasteiger partial charge is 0.301 e. The van der Waals surface area contributed by atoms with Crippen LogP contribution >= 0.6 is 45.9 Å². The monoisotopic (exact) mass is 461 g/mol. The highest BCUT2D eigenvalue weighted by Gasteiger charge is 2.25. The van der Waals surface area contributed by atoms with Crippen molar-refractivity contribution >= 4 is 66.9 Å². The number of carbonyl (C=O) groups is 1. The molecule has 11 heteroatoms. The molecule has 0 spiro atoms. The van der Waals surface area contributed by atoms with Gasteiger partial charge in [0.25, 0.3) is 10.0 Å². The van der Waals surface area contributed by atoms with Gasteiger partial charge in [0.1, 0.15) is 4.21 Å². The molecule has 0 saturated carbocycles. The molecule has 1 amide bonds. The minimum Gasteiger partial charge on any atom is -0.301 e. The van der Waals surface area contributed by atoms with E-state index < -0.39 is 15.9 Å². The SMILES string of the molecule is CN(CC(=O)Nc1nc(-c2ccc(Cl)cc2)cs1)S(=O)(=O)c1ccc(Cl)s1. The Balaban J connectivity index is 1.65. The van der Waals surface area contributed by atoms with Crippen molar-refractivity contribution in [1.29, 1.82) is 0 Å². The van der Waals surface area contributed by atoms with Crippen molar-refractivity contribution in [3.8, 4) is 11.3 Å². The second-order valence-electron chi connectivity index (χ2n) is 5.41. The quantitative estimate of drug-likeness (QED) is 0.588. The number of likely N-dealkylation sites (N-methyl/N-ethyl adjacent to an activating group) is 1. The van der Waals surface area contributed by atoms with E-state index in [1.165, 1.54) is 30.5 Å². The minimum absolute atomic E-state index is 0.0853. The molecule has 0 saturated heterocycles. The summed E-state index contributed by atoms with van der Waals surface area (Å²) < 4.78 is 26.3. The molecule has 0 radical (unpaired) electrons. The second kappa shape index (κ2) is 8.26. The van der Waals surface area contributed by atoms with Crippen LogP contribution in [-0.4, -0.2) is 37.2 Å². The summed E-state index contributed by atoms with van der Waals surface area (Å²) in [7, 11) is -2.43. The van der Waals surface area contributed by atoms with Gasteiger partial charge in [-0.1, -0.05) is 35.3 Å². The number of thiophene rings is 1. The third-order valence-corrected chi connectivity index (χ3v) is 7.98. The predicted octanol–water partition coefficient (Wildman–Crippen LogP) is 4.44. The Kier molecular flexibility index (Phi) is 6.19. The van der Waals surface area contributed by atoms with Crippen LogP contribution in [-0.2, 0) is 14.8 Å². The van der Waals surface area contributed by atoms with Crippen LogP contribution < -0.4 is 5.32 Å². The Hall–Kier alpha value is -1.49. The summed E-state index contributed by atoms with van der Waals surface area (Å²) >= 11 is 13.8. The van der Waals surface area contributed by atoms with Crippen LogP contribution in [0.5, 0.6) is 0 Å². The number of nitrogens with one attached hydrogen (secondary N) is 1. The first kappa shape index (κ1) is 20.2. The van der Waals surface area contributed by atoms with E-state index in [0.29, 0.717) is 20.2 Å². The lowest BCUT2D eigenvalue weighted by molar-refractivity contribution is -0.116. The zero-order chi connectivity index (χ0) is 19.6. The first-order valence-corrected chi connectivity index (χ1v) is 11.4. The fourth-order valence-electron chi connectivity index (χ4n) is 2.12. The number of hydrogen-bond donors (Lipinski definition) is 1. The van der Waals surface area contributed by atoms with Crippen molar-refractivity contribution in [3.63, 3.8) is 0 Å². The Morgan fingerprint density at radius 2 is 1.89 bits per heavy atom. The Labute approximate surface area is 174 Å². The molecule has 2 heterocycles. The van der Waals surface area contributed by atoms with Gasteiger partial charge >= 0.3 is 0 Å². The highest BCUT2D eigenvalue weighted by molar-refractivity contribution is 7.91. The normalized spacial score (nSPS) is 11.7. The molecule has 0 bridgehead atoms. The summed E-state index contributed by atoms with van der Waals surface area (Å²) in [5.41, 5.74) is 1.56. The maximum atomic E-state index is 12.4. The van der Waals surface area contributed by atoms with Crippen LogP contribution in [0.4, 0.5) is 5.13 Å². The van der Waals surface area contributed by atoms with Gasteiger partial charge in [-0.05, 0) is 24.3 Å². The molecule has 0 fully saturated rings. The Morgan fingerprint density at radius 1 is 1.19 bits per heavy atom. The molecule has 1 N–H and O–H groups in total. The van der Waals surface area contributed by atoms with Gasteiger partial charge in [0.05, 0.1) is 16.6 Å². The van der Waals surface area contributed by atoms with Gasteiger partial charge in [0.2, 0.25) is 5.91 Å². The van der Waals surface area contributed by atoms with Gasteiger partial charge in [0.15, 0.2) is 5.13 Å². The van der Waals surface area contributed by atoms with E-state index in [1.807, 2.05) is 12.1 Å². The number of nitrogens with zero attached hydrogens (tertiary/aromatic N) is 2. The first-order valence-electron chi connectivity index (χ1n) is 7.49. The number of anilines is 1. The van der Waals surface area contributed by atoms with E-state index in [-0.39, 0.29) is 10.8 Å². The summed E-state index contributed by atoms with van der Waals surface area (Å²) in [5, 5.41) is 5.42. The Morgan fingerprint density at radius 3 is 2.52 bits per heavy atom. The van der Waals surface area contributed by atoms with Crippen LogP contribution in [0.3, 0.4) is 0 Å². The molecule has 0 aliphatic heterocycles. The number of rotatable bonds is 6. The molecule has 3 aromatic rings. The zero-order valence-corrected chi connectivity index (χ0v) is 17.8. The van der Waals surface area contributed by atoms with Crippen LogP contribution in [0.15, 0.2) is 46.0 Å². The number of aromatic nitrogens is 1. The predicted molar refractivity (Wildman–Crippen MR) is 110 cm³/mol. The van der Waals surface area contributed by atoms with Crippen LogP contribution in [0.25, 0.3) is 11.3 Å². The van der Waals surface area contributed by atoms with Crippen LogP contribution in [0.2, 0.25) is 9.36 Å². The van der Waals surface area contributed by atoms with E-state index in [4.69, 9.17) is 23.2 Å². The fourth-order valence-corrected chi connectivity index (χ4v) is 5.80. The second-order valence-corrected chi connectivity index (χ2v) is 10.7. The smallest absolute Gasteiger partial charge is 0.252 e. The van der Waals surface area contributed by atoms with Gasteiger partial charge in [-0.3, -0.25) is 4.79 Å². The molecule has 142 valence electrons. The molecule has 0 aliphatic carbocycles. The lowest BCUT2D eigenvalue weighted by Crippen LogP contribution is -2.34. The molecule has 3 rings (SSSR count). The molecular weight excluding hydrogens is 449 g/mol. The topological polar surface area (TPSA) is 79.4 Å². The van der Waals surface area contributed by atoms with Crippen molar-refractivity contribution < 1.29 is 13.2 Å². The molecule has 27 heavy (non-hydrogen) atoms. The molecule has 0 unspecified atom stereocenters. The van der Waals surface area contributed by atoms with Gasteiger partial charge in [-0.15, -0.1) is 22.7 Å². The number of halogens is 2. The van der Waals surface area contributed by atoms with Crippen LogP contribution in [0, 0.1) is 0 Å². The van der Waals surface area contributed by atoms with Crippen molar-refractivity contribution in [2.24, 2.45) is 0 Å². The lowest BCUT2D eigenvalue weighted by atomic mass is 10.2.